The Kier molecular flexibility index (Phi) is 5.04. The molecule has 6 heteroatoms. The zero-order chi connectivity index (χ0) is 13.8. The zero-order valence-corrected chi connectivity index (χ0v) is 11.7. The van der Waals surface area contributed by atoms with Crippen molar-refractivity contribution in [3.8, 4) is 0 Å². The third kappa shape index (κ3) is 3.17. The van der Waals surface area contributed by atoms with E-state index in [0.717, 1.165) is 0 Å². The van der Waals surface area contributed by atoms with Crippen molar-refractivity contribution in [2.75, 3.05) is 11.9 Å². The second-order valence-corrected chi connectivity index (χ2v) is 4.69. The van der Waals surface area contributed by atoms with Crippen LogP contribution in [0.5, 0.6) is 0 Å². The highest BCUT2D eigenvalue weighted by Gasteiger charge is 2.33. The van der Waals surface area contributed by atoms with Crippen LogP contribution in [0.3, 0.4) is 0 Å². The average molecular weight is 271 g/mol. The fraction of sp³-hybridized carbons (Fsp3) is 0.583. The molecule has 0 fully saturated rings. The fourth-order valence-electron chi connectivity index (χ4n) is 1.77. The molecule has 1 aromatic rings. The van der Waals surface area contributed by atoms with Crippen molar-refractivity contribution in [1.82, 2.24) is 9.97 Å². The molecule has 0 saturated carbocycles. The van der Waals surface area contributed by atoms with Crippen LogP contribution in [0.15, 0.2) is 6.07 Å². The van der Waals surface area contributed by atoms with Gasteiger partial charge in [0.05, 0.1) is 5.41 Å². The summed E-state index contributed by atoms with van der Waals surface area (Å²) in [6, 6.07) is 1.63. The standard InChI is InChI=1S/C12H19ClN4O/c1-4-12(5-2,7-14)10(18)17-11-15-8(3)6-9(13)16-11/h6H,4-5,7,14H2,1-3H3,(H,15,16,17,18). The van der Waals surface area contributed by atoms with E-state index in [0.29, 0.717) is 30.2 Å². The van der Waals surface area contributed by atoms with Crippen LogP contribution in [-0.4, -0.2) is 22.4 Å². The van der Waals surface area contributed by atoms with Gasteiger partial charge in [0.2, 0.25) is 11.9 Å². The molecule has 1 rings (SSSR count). The Morgan fingerprint density at radius 2 is 2.06 bits per heavy atom. The number of halogens is 1. The van der Waals surface area contributed by atoms with E-state index in [2.05, 4.69) is 15.3 Å². The van der Waals surface area contributed by atoms with Gasteiger partial charge in [-0.15, -0.1) is 0 Å². The summed E-state index contributed by atoms with van der Waals surface area (Å²) in [7, 11) is 0. The van der Waals surface area contributed by atoms with Gasteiger partial charge < -0.3 is 5.73 Å². The number of hydrogen-bond donors (Lipinski definition) is 2. The first-order valence-corrected chi connectivity index (χ1v) is 6.38. The molecule has 0 unspecified atom stereocenters. The maximum Gasteiger partial charge on any atom is 0.234 e. The first kappa shape index (κ1) is 14.9. The second-order valence-electron chi connectivity index (χ2n) is 4.30. The Morgan fingerprint density at radius 1 is 1.44 bits per heavy atom. The maximum atomic E-state index is 12.2. The Balaban J connectivity index is 2.92. The van der Waals surface area contributed by atoms with Gasteiger partial charge >= 0.3 is 0 Å². The monoisotopic (exact) mass is 270 g/mol. The summed E-state index contributed by atoms with van der Waals surface area (Å²) >= 11 is 5.82. The number of hydrogen-bond acceptors (Lipinski definition) is 4. The van der Waals surface area contributed by atoms with Crippen molar-refractivity contribution in [3.05, 3.63) is 16.9 Å². The van der Waals surface area contributed by atoms with E-state index in [1.165, 1.54) is 0 Å². The largest absolute Gasteiger partial charge is 0.329 e. The molecule has 1 heterocycles. The van der Waals surface area contributed by atoms with E-state index in [-0.39, 0.29) is 11.9 Å². The smallest absolute Gasteiger partial charge is 0.234 e. The molecule has 0 bridgehead atoms. The topological polar surface area (TPSA) is 80.9 Å². The molecule has 1 amide bonds. The van der Waals surface area contributed by atoms with Crippen LogP contribution in [0, 0.1) is 12.3 Å². The van der Waals surface area contributed by atoms with Crippen molar-refractivity contribution in [2.24, 2.45) is 11.1 Å². The molecule has 0 aliphatic rings. The Hall–Kier alpha value is -1.20. The molecule has 0 saturated heterocycles. The van der Waals surface area contributed by atoms with Crippen molar-refractivity contribution < 1.29 is 4.79 Å². The maximum absolute atomic E-state index is 12.2. The number of nitrogens with two attached hydrogens (primary N) is 1. The molecule has 0 aliphatic carbocycles. The van der Waals surface area contributed by atoms with Gasteiger partial charge in [-0.1, -0.05) is 25.4 Å². The predicted molar refractivity (Wildman–Crippen MR) is 72.5 cm³/mol. The van der Waals surface area contributed by atoms with Gasteiger partial charge in [-0.3, -0.25) is 10.1 Å². The van der Waals surface area contributed by atoms with Gasteiger partial charge in [0.15, 0.2) is 0 Å². The number of rotatable bonds is 5. The van der Waals surface area contributed by atoms with E-state index in [1.54, 1.807) is 13.0 Å². The Bertz CT molecular complexity index is 404. The lowest BCUT2D eigenvalue weighted by molar-refractivity contribution is -0.125. The average Bonchev–Trinajstić information content (AvgIpc) is 2.30. The van der Waals surface area contributed by atoms with Crippen LogP contribution in [0.2, 0.25) is 5.15 Å². The van der Waals surface area contributed by atoms with Gasteiger partial charge in [0.1, 0.15) is 5.15 Å². The molecular formula is C12H19ClN4O. The molecule has 0 atom stereocenters. The minimum absolute atomic E-state index is 0.156. The number of anilines is 1. The van der Waals surface area contributed by atoms with E-state index in [4.69, 9.17) is 17.3 Å². The predicted octanol–water partition coefficient (Wildman–Crippen LogP) is 2.14. The van der Waals surface area contributed by atoms with Crippen LogP contribution >= 0.6 is 11.6 Å². The normalized spacial score (nSPS) is 11.4. The minimum atomic E-state index is -0.570. The Labute approximate surface area is 112 Å². The van der Waals surface area contributed by atoms with Crippen LogP contribution in [0.4, 0.5) is 5.95 Å². The SMILES string of the molecule is CCC(CC)(CN)C(=O)Nc1nc(C)cc(Cl)n1. The first-order chi connectivity index (χ1) is 8.47. The van der Waals surface area contributed by atoms with E-state index >= 15 is 0 Å². The van der Waals surface area contributed by atoms with Crippen LogP contribution in [0.1, 0.15) is 32.4 Å². The van der Waals surface area contributed by atoms with Crippen LogP contribution < -0.4 is 11.1 Å². The summed E-state index contributed by atoms with van der Waals surface area (Å²) in [6.45, 7) is 5.98. The third-order valence-corrected chi connectivity index (χ3v) is 3.47. The number of aryl methyl sites for hydroxylation is 1. The van der Waals surface area contributed by atoms with Crippen molar-refractivity contribution in [1.29, 1.82) is 0 Å². The molecule has 0 aromatic carbocycles. The highest BCUT2D eigenvalue weighted by Crippen LogP contribution is 2.26. The molecule has 1 aromatic heterocycles. The molecule has 18 heavy (non-hydrogen) atoms. The molecular weight excluding hydrogens is 252 g/mol. The lowest BCUT2D eigenvalue weighted by Crippen LogP contribution is -2.41. The number of carbonyl (C=O) groups excluding carboxylic acids is 1. The summed E-state index contributed by atoms with van der Waals surface area (Å²) in [5.74, 6) is 0.0707. The zero-order valence-electron chi connectivity index (χ0n) is 11.0. The fourth-order valence-corrected chi connectivity index (χ4v) is 2.01. The van der Waals surface area contributed by atoms with Crippen LogP contribution in [0.25, 0.3) is 0 Å². The van der Waals surface area contributed by atoms with E-state index in [9.17, 15) is 4.79 Å². The molecule has 100 valence electrons. The lowest BCUT2D eigenvalue weighted by Gasteiger charge is -2.28. The quantitative estimate of drug-likeness (QED) is 0.803. The van der Waals surface area contributed by atoms with Gasteiger partial charge in [-0.25, -0.2) is 9.97 Å². The van der Waals surface area contributed by atoms with E-state index in [1.807, 2.05) is 13.8 Å². The molecule has 0 spiro atoms. The lowest BCUT2D eigenvalue weighted by atomic mass is 9.81. The summed E-state index contributed by atoms with van der Waals surface area (Å²) in [5, 5.41) is 3.00. The van der Waals surface area contributed by atoms with Crippen LogP contribution in [-0.2, 0) is 4.79 Å². The summed E-state index contributed by atoms with van der Waals surface area (Å²) in [6.07, 6.45) is 1.34. The summed E-state index contributed by atoms with van der Waals surface area (Å²) in [5.41, 5.74) is 5.85. The number of aromatic nitrogens is 2. The third-order valence-electron chi connectivity index (χ3n) is 3.27. The second kappa shape index (κ2) is 6.11. The van der Waals surface area contributed by atoms with E-state index < -0.39 is 5.41 Å². The van der Waals surface area contributed by atoms with Gasteiger partial charge in [0, 0.05) is 12.2 Å². The number of carbonyl (C=O) groups is 1. The highest BCUT2D eigenvalue weighted by atomic mass is 35.5. The van der Waals surface area contributed by atoms with Crippen molar-refractivity contribution in [2.45, 2.75) is 33.6 Å². The molecule has 5 nitrogen and oxygen atoms in total. The number of amides is 1. The van der Waals surface area contributed by atoms with Gasteiger partial charge in [0.25, 0.3) is 0 Å². The molecule has 0 radical (unpaired) electrons. The minimum Gasteiger partial charge on any atom is -0.329 e. The Morgan fingerprint density at radius 3 is 2.50 bits per heavy atom. The molecule has 3 N–H and O–H groups in total. The highest BCUT2D eigenvalue weighted by molar-refractivity contribution is 6.29. The van der Waals surface area contributed by atoms with Crippen molar-refractivity contribution in [3.63, 3.8) is 0 Å². The number of nitrogens with zero attached hydrogens (tertiary/aromatic N) is 2. The van der Waals surface area contributed by atoms with Gasteiger partial charge in [-0.2, -0.15) is 0 Å². The summed E-state index contributed by atoms with van der Waals surface area (Å²) in [4.78, 5) is 20.3. The van der Waals surface area contributed by atoms with Gasteiger partial charge in [-0.05, 0) is 25.8 Å². The first-order valence-electron chi connectivity index (χ1n) is 6.00. The van der Waals surface area contributed by atoms with Crippen molar-refractivity contribution >= 4 is 23.5 Å². The molecule has 0 aliphatic heterocycles. The summed E-state index contributed by atoms with van der Waals surface area (Å²) < 4.78 is 0. The number of nitrogens with one attached hydrogen (secondary N) is 1.